The maximum atomic E-state index is 3.73. The zero-order valence-electron chi connectivity index (χ0n) is 9.51. The standard InChI is InChI=1S/C12H23NS/c1-12(2)7-11(8-14-9-12)13-6-5-10-3-4-10/h10-11,13H,3-9H2,1-2H3. The summed E-state index contributed by atoms with van der Waals surface area (Å²) in [5, 5.41) is 3.73. The Labute approximate surface area is 92.4 Å². The van der Waals surface area contributed by atoms with Crippen LogP contribution in [0.25, 0.3) is 0 Å². The van der Waals surface area contributed by atoms with Crippen molar-refractivity contribution in [1.29, 1.82) is 0 Å². The van der Waals surface area contributed by atoms with Crippen molar-refractivity contribution < 1.29 is 0 Å². The summed E-state index contributed by atoms with van der Waals surface area (Å²) in [4.78, 5) is 0. The topological polar surface area (TPSA) is 12.0 Å². The van der Waals surface area contributed by atoms with E-state index >= 15 is 0 Å². The van der Waals surface area contributed by atoms with Gasteiger partial charge in [-0.25, -0.2) is 0 Å². The molecule has 1 atom stereocenters. The van der Waals surface area contributed by atoms with Gasteiger partial charge in [-0.3, -0.25) is 0 Å². The van der Waals surface area contributed by atoms with Crippen molar-refractivity contribution in [3.8, 4) is 0 Å². The van der Waals surface area contributed by atoms with E-state index in [1.54, 1.807) is 0 Å². The van der Waals surface area contributed by atoms with Gasteiger partial charge in [0.1, 0.15) is 0 Å². The molecule has 2 fully saturated rings. The summed E-state index contributed by atoms with van der Waals surface area (Å²) < 4.78 is 0. The van der Waals surface area contributed by atoms with Gasteiger partial charge in [-0.15, -0.1) is 0 Å². The lowest BCUT2D eigenvalue weighted by molar-refractivity contribution is 0.317. The average molecular weight is 213 g/mol. The predicted octanol–water partition coefficient (Wildman–Crippen LogP) is 2.91. The Bertz CT molecular complexity index is 187. The fraction of sp³-hybridized carbons (Fsp3) is 1.00. The molecule has 0 spiro atoms. The van der Waals surface area contributed by atoms with Crippen molar-refractivity contribution in [2.45, 2.75) is 45.6 Å². The molecule has 1 heterocycles. The smallest absolute Gasteiger partial charge is 0.0163 e. The first kappa shape index (κ1) is 10.8. The van der Waals surface area contributed by atoms with Gasteiger partial charge in [0, 0.05) is 11.8 Å². The van der Waals surface area contributed by atoms with Crippen molar-refractivity contribution in [2.75, 3.05) is 18.1 Å². The molecule has 0 aromatic heterocycles. The summed E-state index contributed by atoms with van der Waals surface area (Å²) in [6.45, 7) is 6.05. The molecule has 1 N–H and O–H groups in total. The molecule has 0 radical (unpaired) electrons. The van der Waals surface area contributed by atoms with Gasteiger partial charge in [-0.1, -0.05) is 26.7 Å². The molecule has 1 unspecified atom stereocenters. The summed E-state index contributed by atoms with van der Waals surface area (Å²) in [6.07, 6.45) is 5.77. The van der Waals surface area contributed by atoms with Gasteiger partial charge in [0.05, 0.1) is 0 Å². The number of nitrogens with one attached hydrogen (secondary N) is 1. The third-order valence-corrected chi connectivity index (χ3v) is 4.92. The predicted molar refractivity (Wildman–Crippen MR) is 64.9 cm³/mol. The summed E-state index contributed by atoms with van der Waals surface area (Å²) in [5.74, 6) is 3.74. The minimum absolute atomic E-state index is 0.556. The Hall–Kier alpha value is 0.310. The highest BCUT2D eigenvalue weighted by Crippen LogP contribution is 2.34. The van der Waals surface area contributed by atoms with Crippen LogP contribution in [-0.2, 0) is 0 Å². The van der Waals surface area contributed by atoms with Crippen LogP contribution in [0, 0.1) is 11.3 Å². The van der Waals surface area contributed by atoms with Crippen LogP contribution in [0.2, 0.25) is 0 Å². The van der Waals surface area contributed by atoms with Gasteiger partial charge in [0.2, 0.25) is 0 Å². The fourth-order valence-corrected chi connectivity index (χ4v) is 3.60. The van der Waals surface area contributed by atoms with E-state index in [0.717, 1.165) is 12.0 Å². The van der Waals surface area contributed by atoms with Crippen molar-refractivity contribution >= 4 is 11.8 Å². The van der Waals surface area contributed by atoms with E-state index in [9.17, 15) is 0 Å². The Morgan fingerprint density at radius 1 is 1.36 bits per heavy atom. The average Bonchev–Trinajstić information content (AvgIpc) is 2.86. The van der Waals surface area contributed by atoms with E-state index in [-0.39, 0.29) is 0 Å². The highest BCUT2D eigenvalue weighted by Gasteiger charge is 2.28. The Morgan fingerprint density at radius 3 is 2.79 bits per heavy atom. The largest absolute Gasteiger partial charge is 0.313 e. The van der Waals surface area contributed by atoms with Crippen molar-refractivity contribution in [3.05, 3.63) is 0 Å². The Morgan fingerprint density at radius 2 is 2.14 bits per heavy atom. The van der Waals surface area contributed by atoms with Crippen LogP contribution in [0.3, 0.4) is 0 Å². The molecule has 0 aromatic rings. The summed E-state index contributed by atoms with van der Waals surface area (Å²) in [7, 11) is 0. The lowest BCUT2D eigenvalue weighted by Crippen LogP contribution is -2.40. The summed E-state index contributed by atoms with van der Waals surface area (Å²) >= 11 is 2.12. The van der Waals surface area contributed by atoms with Crippen LogP contribution < -0.4 is 5.32 Å². The molecule has 1 aliphatic heterocycles. The number of thioether (sulfide) groups is 1. The number of hydrogen-bond acceptors (Lipinski definition) is 2. The monoisotopic (exact) mass is 213 g/mol. The molecular formula is C12H23NS. The number of rotatable bonds is 4. The zero-order chi connectivity index (χ0) is 10.0. The minimum Gasteiger partial charge on any atom is -0.313 e. The van der Waals surface area contributed by atoms with Gasteiger partial charge >= 0.3 is 0 Å². The molecule has 2 heteroatoms. The van der Waals surface area contributed by atoms with Crippen LogP contribution in [0.1, 0.15) is 39.5 Å². The zero-order valence-corrected chi connectivity index (χ0v) is 10.3. The first-order chi connectivity index (χ1) is 6.66. The third-order valence-electron chi connectivity index (χ3n) is 3.29. The van der Waals surface area contributed by atoms with Crippen LogP contribution >= 0.6 is 11.8 Å². The SMILES string of the molecule is CC1(C)CSCC(NCCC2CC2)C1. The van der Waals surface area contributed by atoms with Crippen molar-refractivity contribution in [1.82, 2.24) is 5.32 Å². The molecule has 1 saturated carbocycles. The van der Waals surface area contributed by atoms with Crippen LogP contribution in [0.15, 0.2) is 0 Å². The maximum Gasteiger partial charge on any atom is 0.0163 e. The molecule has 1 aliphatic carbocycles. The molecule has 0 bridgehead atoms. The van der Waals surface area contributed by atoms with Gasteiger partial charge in [0.15, 0.2) is 0 Å². The van der Waals surface area contributed by atoms with E-state index in [1.807, 2.05) is 0 Å². The van der Waals surface area contributed by atoms with E-state index in [0.29, 0.717) is 5.41 Å². The molecule has 0 aromatic carbocycles. The first-order valence-corrected chi connectivity index (χ1v) is 7.12. The molecule has 1 saturated heterocycles. The Balaban J connectivity index is 1.63. The first-order valence-electron chi connectivity index (χ1n) is 5.97. The molecule has 0 amide bonds. The van der Waals surface area contributed by atoms with E-state index < -0.39 is 0 Å². The summed E-state index contributed by atoms with van der Waals surface area (Å²) in [6, 6.07) is 0.780. The molecular weight excluding hydrogens is 190 g/mol. The quantitative estimate of drug-likeness (QED) is 0.770. The van der Waals surface area contributed by atoms with Gasteiger partial charge in [-0.2, -0.15) is 11.8 Å². The molecule has 82 valence electrons. The van der Waals surface area contributed by atoms with E-state index in [2.05, 4.69) is 30.9 Å². The van der Waals surface area contributed by atoms with Gasteiger partial charge in [0.25, 0.3) is 0 Å². The molecule has 14 heavy (non-hydrogen) atoms. The van der Waals surface area contributed by atoms with Crippen LogP contribution in [0.4, 0.5) is 0 Å². The second kappa shape index (κ2) is 4.44. The fourth-order valence-electron chi connectivity index (χ4n) is 2.29. The van der Waals surface area contributed by atoms with Gasteiger partial charge < -0.3 is 5.32 Å². The normalized spacial score (nSPS) is 31.7. The molecule has 1 nitrogen and oxygen atoms in total. The molecule has 2 aliphatic rings. The second-order valence-corrected chi connectivity index (χ2v) is 6.80. The Kier molecular flexibility index (Phi) is 3.43. The number of hydrogen-bond donors (Lipinski definition) is 1. The van der Waals surface area contributed by atoms with Crippen LogP contribution in [-0.4, -0.2) is 24.1 Å². The highest BCUT2D eigenvalue weighted by atomic mass is 32.2. The lowest BCUT2D eigenvalue weighted by atomic mass is 9.88. The summed E-state index contributed by atoms with van der Waals surface area (Å²) in [5.41, 5.74) is 0.556. The highest BCUT2D eigenvalue weighted by molar-refractivity contribution is 7.99. The van der Waals surface area contributed by atoms with E-state index in [4.69, 9.17) is 0 Å². The maximum absolute atomic E-state index is 3.73. The van der Waals surface area contributed by atoms with Crippen molar-refractivity contribution in [3.63, 3.8) is 0 Å². The molecule has 2 rings (SSSR count). The third kappa shape index (κ3) is 3.47. The second-order valence-electron chi connectivity index (χ2n) is 5.77. The lowest BCUT2D eigenvalue weighted by Gasteiger charge is -2.35. The minimum atomic E-state index is 0.556. The van der Waals surface area contributed by atoms with Crippen LogP contribution in [0.5, 0.6) is 0 Å². The van der Waals surface area contributed by atoms with E-state index in [1.165, 1.54) is 43.7 Å². The van der Waals surface area contributed by atoms with Gasteiger partial charge in [-0.05, 0) is 36.5 Å². The van der Waals surface area contributed by atoms with Crippen molar-refractivity contribution in [2.24, 2.45) is 11.3 Å².